The zero-order valence-electron chi connectivity index (χ0n) is 16.1. The molecule has 154 valence electrons. The first-order valence-electron chi connectivity index (χ1n) is 9.23. The van der Waals surface area contributed by atoms with Crippen molar-refractivity contribution >= 4 is 38.9 Å². The molecule has 1 amide bonds. The summed E-state index contributed by atoms with van der Waals surface area (Å²) in [5.74, 6) is -0.384. The lowest BCUT2D eigenvalue weighted by Gasteiger charge is -2.29. The van der Waals surface area contributed by atoms with Gasteiger partial charge in [0, 0.05) is 22.8 Å². The molecule has 0 unspecified atom stereocenters. The van der Waals surface area contributed by atoms with Gasteiger partial charge in [0.25, 0.3) is 5.91 Å². The van der Waals surface area contributed by atoms with Crippen LogP contribution in [-0.4, -0.2) is 32.2 Å². The number of phenolic OH excluding ortho intramolecular Hbond substituents is 1. The number of anilines is 2. The Hall–Kier alpha value is -3.03. The summed E-state index contributed by atoms with van der Waals surface area (Å²) in [6.45, 7) is 0.438. The molecule has 0 saturated heterocycles. The van der Waals surface area contributed by atoms with E-state index < -0.39 is 10.0 Å². The molecule has 1 aliphatic rings. The third-order valence-corrected chi connectivity index (χ3v) is 5.76. The highest BCUT2D eigenvalue weighted by Crippen LogP contribution is 2.33. The van der Waals surface area contributed by atoms with E-state index in [0.29, 0.717) is 29.2 Å². The number of carbonyl (C=O) groups excluding carboxylic acids is 1. The summed E-state index contributed by atoms with van der Waals surface area (Å²) in [6, 6.07) is 17.7. The molecule has 8 heteroatoms. The Labute approximate surface area is 179 Å². The van der Waals surface area contributed by atoms with Gasteiger partial charge in [-0.1, -0.05) is 35.9 Å². The van der Waals surface area contributed by atoms with E-state index in [1.165, 1.54) is 12.1 Å². The molecule has 0 spiro atoms. The van der Waals surface area contributed by atoms with Gasteiger partial charge >= 0.3 is 0 Å². The molecule has 1 heterocycles. The molecule has 0 atom stereocenters. The summed E-state index contributed by atoms with van der Waals surface area (Å²) in [7, 11) is -3.57. The van der Waals surface area contributed by atoms with Crippen molar-refractivity contribution in [3.05, 3.63) is 76.8 Å². The number of hydrogen-bond acceptors (Lipinski definition) is 4. The van der Waals surface area contributed by atoms with Gasteiger partial charge < -0.3 is 10.0 Å². The normalized spacial score (nSPS) is 13.8. The van der Waals surface area contributed by atoms with E-state index in [9.17, 15) is 18.3 Å². The minimum atomic E-state index is -3.57. The lowest BCUT2D eigenvalue weighted by Crippen LogP contribution is -2.37. The predicted octanol–water partition coefficient (Wildman–Crippen LogP) is 4.29. The van der Waals surface area contributed by atoms with Crippen LogP contribution in [0.25, 0.3) is 11.1 Å². The number of hydrogen-bond donors (Lipinski definition) is 2. The number of sulfonamides is 1. The van der Waals surface area contributed by atoms with Crippen LogP contribution in [0.4, 0.5) is 11.4 Å². The Morgan fingerprint density at radius 1 is 1.03 bits per heavy atom. The molecule has 4 rings (SSSR count). The molecule has 0 aromatic heterocycles. The van der Waals surface area contributed by atoms with Gasteiger partial charge in [0.05, 0.1) is 11.9 Å². The van der Waals surface area contributed by atoms with Gasteiger partial charge in [0.2, 0.25) is 10.0 Å². The molecule has 3 aromatic carbocycles. The van der Waals surface area contributed by atoms with E-state index >= 15 is 0 Å². The van der Waals surface area contributed by atoms with Gasteiger partial charge in [0.15, 0.2) is 0 Å². The number of amides is 1. The molecule has 0 bridgehead atoms. The Morgan fingerprint density at radius 3 is 2.53 bits per heavy atom. The van der Waals surface area contributed by atoms with Crippen LogP contribution in [0.5, 0.6) is 5.75 Å². The fraction of sp³-hybridized carbons (Fsp3) is 0.136. The molecule has 3 aromatic rings. The maximum atomic E-state index is 13.1. The minimum absolute atomic E-state index is 0.0323. The molecule has 0 fully saturated rings. The van der Waals surface area contributed by atoms with Gasteiger partial charge in [-0.05, 0) is 59.5 Å². The Balaban J connectivity index is 1.65. The van der Waals surface area contributed by atoms with Crippen molar-refractivity contribution in [2.45, 2.75) is 6.42 Å². The van der Waals surface area contributed by atoms with E-state index in [0.717, 1.165) is 22.9 Å². The van der Waals surface area contributed by atoms with Crippen LogP contribution < -0.4 is 9.62 Å². The van der Waals surface area contributed by atoms with Crippen molar-refractivity contribution in [1.82, 2.24) is 0 Å². The largest absolute Gasteiger partial charge is 0.506 e. The van der Waals surface area contributed by atoms with Crippen LogP contribution in [0, 0.1) is 0 Å². The molecule has 1 aliphatic heterocycles. The zero-order valence-corrected chi connectivity index (χ0v) is 17.7. The number of aromatic hydroxyl groups is 1. The number of rotatable bonds is 4. The lowest BCUT2D eigenvalue weighted by molar-refractivity contribution is 0.0980. The van der Waals surface area contributed by atoms with Gasteiger partial charge in [-0.25, -0.2) is 8.42 Å². The van der Waals surface area contributed by atoms with E-state index in [4.69, 9.17) is 11.6 Å². The van der Waals surface area contributed by atoms with E-state index in [2.05, 4.69) is 4.72 Å². The third-order valence-electron chi connectivity index (χ3n) is 4.93. The number of halogens is 1. The fourth-order valence-electron chi connectivity index (χ4n) is 3.56. The Morgan fingerprint density at radius 2 is 1.80 bits per heavy atom. The molecule has 30 heavy (non-hydrogen) atoms. The van der Waals surface area contributed by atoms with Crippen molar-refractivity contribution in [3.8, 4) is 16.9 Å². The molecule has 0 aliphatic carbocycles. The molecule has 2 N–H and O–H groups in total. The van der Waals surface area contributed by atoms with Crippen LogP contribution in [0.1, 0.15) is 15.9 Å². The average molecular weight is 443 g/mol. The van der Waals surface area contributed by atoms with Crippen LogP contribution in [-0.2, 0) is 16.4 Å². The Kier molecular flexibility index (Phi) is 5.17. The second-order valence-corrected chi connectivity index (χ2v) is 9.35. The Bertz CT molecular complexity index is 1260. The number of carbonyl (C=O) groups is 1. The second-order valence-electron chi connectivity index (χ2n) is 7.16. The summed E-state index contributed by atoms with van der Waals surface area (Å²) in [4.78, 5) is 14.7. The predicted molar refractivity (Wildman–Crippen MR) is 119 cm³/mol. The first-order chi connectivity index (χ1) is 14.2. The maximum Gasteiger partial charge on any atom is 0.258 e. The van der Waals surface area contributed by atoms with Gasteiger partial charge in [-0.15, -0.1) is 0 Å². The third kappa shape index (κ3) is 4.13. The highest BCUT2D eigenvalue weighted by molar-refractivity contribution is 7.92. The van der Waals surface area contributed by atoms with Crippen molar-refractivity contribution in [3.63, 3.8) is 0 Å². The van der Waals surface area contributed by atoms with Crippen LogP contribution in [0.2, 0.25) is 5.02 Å². The average Bonchev–Trinajstić information content (AvgIpc) is 2.69. The van der Waals surface area contributed by atoms with E-state index in [1.807, 2.05) is 36.4 Å². The van der Waals surface area contributed by atoms with Crippen LogP contribution >= 0.6 is 11.6 Å². The fourth-order valence-corrected chi connectivity index (χ4v) is 4.31. The van der Waals surface area contributed by atoms with Crippen LogP contribution in [0.3, 0.4) is 0 Å². The highest BCUT2D eigenvalue weighted by atomic mass is 35.5. The first-order valence-corrected chi connectivity index (χ1v) is 11.5. The van der Waals surface area contributed by atoms with Crippen LogP contribution in [0.15, 0.2) is 60.7 Å². The SMILES string of the molecule is CS(=O)(=O)Nc1cc(N2CCc3cc(-c4cccc(Cl)c4)ccc3C2=O)ccc1O. The molecular weight excluding hydrogens is 424 g/mol. The molecule has 0 saturated carbocycles. The summed E-state index contributed by atoms with van der Waals surface area (Å²) < 4.78 is 25.3. The summed E-state index contributed by atoms with van der Waals surface area (Å²) in [6.07, 6.45) is 1.64. The number of fused-ring (bicyclic) bond motifs is 1. The van der Waals surface area contributed by atoms with Gasteiger partial charge in [0.1, 0.15) is 5.75 Å². The minimum Gasteiger partial charge on any atom is -0.506 e. The van der Waals surface area contributed by atoms with Crippen molar-refractivity contribution in [2.75, 3.05) is 22.4 Å². The standard InChI is InChI=1S/C22H19ClN2O4S/c1-30(28,29)24-20-13-18(6-8-21(20)26)25-10-9-16-11-15(5-7-19(16)22(25)27)14-3-2-4-17(23)12-14/h2-8,11-13,24,26H,9-10H2,1H3. The molecule has 6 nitrogen and oxygen atoms in total. The number of benzene rings is 3. The molecular formula is C22H19ClN2O4S. The molecule has 0 radical (unpaired) electrons. The summed E-state index contributed by atoms with van der Waals surface area (Å²) in [5, 5.41) is 10.6. The number of phenols is 1. The topological polar surface area (TPSA) is 86.7 Å². The number of nitrogens with one attached hydrogen (secondary N) is 1. The number of nitrogens with zero attached hydrogens (tertiary/aromatic N) is 1. The summed E-state index contributed by atoms with van der Waals surface area (Å²) in [5.41, 5.74) is 4.05. The first kappa shape index (κ1) is 20.3. The van der Waals surface area contributed by atoms with Crippen molar-refractivity contribution in [2.24, 2.45) is 0 Å². The second kappa shape index (κ2) is 7.66. The highest BCUT2D eigenvalue weighted by Gasteiger charge is 2.26. The summed E-state index contributed by atoms with van der Waals surface area (Å²) >= 11 is 6.09. The van der Waals surface area contributed by atoms with Crippen molar-refractivity contribution in [1.29, 1.82) is 0 Å². The zero-order chi connectivity index (χ0) is 21.5. The maximum absolute atomic E-state index is 13.1. The van der Waals surface area contributed by atoms with E-state index in [-0.39, 0.29) is 17.3 Å². The lowest BCUT2D eigenvalue weighted by atomic mass is 9.94. The van der Waals surface area contributed by atoms with E-state index in [1.54, 1.807) is 17.0 Å². The van der Waals surface area contributed by atoms with Gasteiger partial charge in [-0.2, -0.15) is 0 Å². The monoisotopic (exact) mass is 442 g/mol. The van der Waals surface area contributed by atoms with Gasteiger partial charge in [-0.3, -0.25) is 9.52 Å². The quantitative estimate of drug-likeness (QED) is 0.590. The van der Waals surface area contributed by atoms with Crippen molar-refractivity contribution < 1.29 is 18.3 Å². The smallest absolute Gasteiger partial charge is 0.258 e.